The van der Waals surface area contributed by atoms with E-state index < -0.39 is 0 Å². The number of nitrogens with one attached hydrogen (secondary N) is 2. The van der Waals surface area contributed by atoms with E-state index in [4.69, 9.17) is 0 Å². The number of piperidine rings is 1. The minimum Gasteiger partial charge on any atom is -0.317 e. The highest BCUT2D eigenvalue weighted by molar-refractivity contribution is 7.07. The number of benzene rings is 1. The zero-order valence-electron chi connectivity index (χ0n) is 12.3. The fourth-order valence-corrected chi connectivity index (χ4v) is 3.76. The van der Waals surface area contributed by atoms with Crippen LogP contribution in [0.1, 0.15) is 24.1 Å². The van der Waals surface area contributed by atoms with Gasteiger partial charge in [-0.15, -0.1) is 11.3 Å². The lowest BCUT2D eigenvalue weighted by Crippen LogP contribution is -2.46. The molecule has 1 aliphatic rings. The molecule has 0 spiro atoms. The van der Waals surface area contributed by atoms with Crippen molar-refractivity contribution in [1.82, 2.24) is 15.6 Å². The Morgan fingerprint density at radius 1 is 1.19 bits per heavy atom. The van der Waals surface area contributed by atoms with Crippen molar-refractivity contribution >= 4 is 11.3 Å². The summed E-state index contributed by atoms with van der Waals surface area (Å²) in [7, 11) is 0. The minimum absolute atomic E-state index is 0.286. The van der Waals surface area contributed by atoms with E-state index in [0.717, 1.165) is 32.6 Å². The smallest absolute Gasteiger partial charge is 0.0794 e. The Balaban J connectivity index is 1.60. The van der Waals surface area contributed by atoms with Gasteiger partial charge in [0.2, 0.25) is 0 Å². The molecular weight excluding hydrogens is 278 g/mol. The summed E-state index contributed by atoms with van der Waals surface area (Å²) in [6, 6.07) is 11.0. The van der Waals surface area contributed by atoms with Crippen LogP contribution >= 0.6 is 11.3 Å². The summed E-state index contributed by atoms with van der Waals surface area (Å²) in [5.41, 5.74) is 4.88. The molecule has 2 heterocycles. The van der Waals surface area contributed by atoms with Gasteiger partial charge in [-0.2, -0.15) is 0 Å². The second kappa shape index (κ2) is 7.16. The zero-order valence-corrected chi connectivity index (χ0v) is 13.2. The highest BCUT2D eigenvalue weighted by atomic mass is 32.1. The molecule has 1 aromatic carbocycles. The Morgan fingerprint density at radius 2 is 2.00 bits per heavy atom. The molecule has 21 heavy (non-hydrogen) atoms. The molecule has 0 radical (unpaired) electrons. The molecule has 1 fully saturated rings. The lowest BCUT2D eigenvalue weighted by Gasteiger charge is -2.38. The number of rotatable bonds is 6. The van der Waals surface area contributed by atoms with Gasteiger partial charge in [-0.05, 0) is 31.5 Å². The third kappa shape index (κ3) is 3.70. The van der Waals surface area contributed by atoms with E-state index in [1.54, 1.807) is 11.3 Å². The van der Waals surface area contributed by atoms with Gasteiger partial charge in [-0.1, -0.05) is 30.3 Å². The van der Waals surface area contributed by atoms with Crippen LogP contribution in [-0.4, -0.2) is 31.2 Å². The van der Waals surface area contributed by atoms with Crippen LogP contribution in [0.4, 0.5) is 0 Å². The molecule has 1 aliphatic heterocycles. The van der Waals surface area contributed by atoms with Gasteiger partial charge in [0.15, 0.2) is 0 Å². The highest BCUT2D eigenvalue weighted by Gasteiger charge is 2.33. The summed E-state index contributed by atoms with van der Waals surface area (Å²) in [5.74, 6) is 0. The Bertz CT molecular complexity index is 518. The summed E-state index contributed by atoms with van der Waals surface area (Å²) in [6.45, 7) is 4.29. The first kappa shape index (κ1) is 14.7. The number of nitrogens with zero attached hydrogens (tertiary/aromatic N) is 1. The molecule has 3 nitrogen and oxygen atoms in total. The van der Waals surface area contributed by atoms with Gasteiger partial charge in [-0.25, -0.2) is 4.98 Å². The molecule has 0 aliphatic carbocycles. The Labute approximate surface area is 130 Å². The first-order chi connectivity index (χ1) is 10.4. The second-order valence-corrected chi connectivity index (χ2v) is 6.52. The predicted molar refractivity (Wildman–Crippen MR) is 88.9 cm³/mol. The fourth-order valence-electron chi connectivity index (χ4n) is 3.17. The molecule has 0 bridgehead atoms. The van der Waals surface area contributed by atoms with Crippen molar-refractivity contribution < 1.29 is 0 Å². The van der Waals surface area contributed by atoms with Crippen molar-refractivity contribution in [1.29, 1.82) is 0 Å². The molecule has 3 rings (SSSR count). The van der Waals surface area contributed by atoms with Crippen molar-refractivity contribution in [2.24, 2.45) is 0 Å². The largest absolute Gasteiger partial charge is 0.317 e. The van der Waals surface area contributed by atoms with E-state index in [9.17, 15) is 0 Å². The summed E-state index contributed by atoms with van der Waals surface area (Å²) < 4.78 is 0. The monoisotopic (exact) mass is 301 g/mol. The zero-order chi connectivity index (χ0) is 14.4. The molecule has 0 amide bonds. The third-order valence-corrected chi connectivity index (χ3v) is 5.09. The van der Waals surface area contributed by atoms with Gasteiger partial charge >= 0.3 is 0 Å². The maximum absolute atomic E-state index is 4.34. The number of aromatic nitrogens is 1. The van der Waals surface area contributed by atoms with Crippen LogP contribution in [0, 0.1) is 0 Å². The lowest BCUT2D eigenvalue weighted by atomic mass is 9.73. The molecular formula is C17H23N3S. The van der Waals surface area contributed by atoms with E-state index in [-0.39, 0.29) is 5.41 Å². The molecule has 2 aromatic rings. The van der Waals surface area contributed by atoms with Crippen LogP contribution < -0.4 is 10.6 Å². The van der Waals surface area contributed by atoms with E-state index in [2.05, 4.69) is 51.3 Å². The van der Waals surface area contributed by atoms with E-state index >= 15 is 0 Å². The topological polar surface area (TPSA) is 37.0 Å². The average Bonchev–Trinajstić information content (AvgIpc) is 3.07. The fraction of sp³-hybridized carbons (Fsp3) is 0.471. The maximum Gasteiger partial charge on any atom is 0.0794 e. The van der Waals surface area contributed by atoms with Crippen molar-refractivity contribution in [2.75, 3.05) is 26.2 Å². The summed E-state index contributed by atoms with van der Waals surface area (Å²) in [4.78, 5) is 4.34. The van der Waals surface area contributed by atoms with Gasteiger partial charge in [0.25, 0.3) is 0 Å². The summed E-state index contributed by atoms with van der Waals surface area (Å²) in [6.07, 6.45) is 3.44. The van der Waals surface area contributed by atoms with Gasteiger partial charge < -0.3 is 10.6 Å². The van der Waals surface area contributed by atoms with Crippen LogP contribution in [0.3, 0.4) is 0 Å². The number of hydrogen-bond acceptors (Lipinski definition) is 4. The summed E-state index contributed by atoms with van der Waals surface area (Å²) >= 11 is 1.67. The summed E-state index contributed by atoms with van der Waals surface area (Å²) in [5, 5.41) is 9.29. The maximum atomic E-state index is 4.34. The van der Waals surface area contributed by atoms with Gasteiger partial charge in [0, 0.05) is 30.3 Å². The Hall–Kier alpha value is -1.23. The standard InChI is InChI=1S/C17H23N3S/c1-2-4-15(5-3-1)17(7-10-18-11-8-17)13-19-9-6-16-12-21-14-20-16/h1-5,12,14,18-19H,6-11,13H2. The molecule has 1 aromatic heterocycles. The van der Waals surface area contributed by atoms with Gasteiger partial charge in [0.1, 0.15) is 0 Å². The lowest BCUT2D eigenvalue weighted by molar-refractivity contribution is 0.294. The van der Waals surface area contributed by atoms with Gasteiger partial charge in [0.05, 0.1) is 11.2 Å². The quantitative estimate of drug-likeness (QED) is 0.805. The van der Waals surface area contributed by atoms with Crippen molar-refractivity contribution in [2.45, 2.75) is 24.7 Å². The third-order valence-electron chi connectivity index (χ3n) is 4.45. The molecule has 0 saturated carbocycles. The number of thiazole rings is 1. The first-order valence-corrected chi connectivity index (χ1v) is 8.67. The first-order valence-electron chi connectivity index (χ1n) is 7.73. The van der Waals surface area contributed by atoms with Crippen LogP contribution in [-0.2, 0) is 11.8 Å². The van der Waals surface area contributed by atoms with E-state index in [1.807, 2.05) is 5.51 Å². The molecule has 0 unspecified atom stereocenters. The SMILES string of the molecule is c1ccc(C2(CNCCc3cscn3)CCNCC2)cc1. The van der Waals surface area contributed by atoms with Crippen molar-refractivity contribution in [3.8, 4) is 0 Å². The van der Waals surface area contributed by atoms with E-state index in [1.165, 1.54) is 24.1 Å². The number of hydrogen-bond donors (Lipinski definition) is 2. The van der Waals surface area contributed by atoms with Crippen LogP contribution in [0.25, 0.3) is 0 Å². The molecule has 1 saturated heterocycles. The van der Waals surface area contributed by atoms with Crippen LogP contribution in [0.15, 0.2) is 41.2 Å². The highest BCUT2D eigenvalue weighted by Crippen LogP contribution is 2.32. The molecule has 112 valence electrons. The van der Waals surface area contributed by atoms with Crippen LogP contribution in [0.5, 0.6) is 0 Å². The molecule has 4 heteroatoms. The Kier molecular flexibility index (Phi) is 5.01. The van der Waals surface area contributed by atoms with Gasteiger partial charge in [-0.3, -0.25) is 0 Å². The van der Waals surface area contributed by atoms with Crippen molar-refractivity contribution in [3.05, 3.63) is 52.5 Å². The second-order valence-electron chi connectivity index (χ2n) is 5.80. The minimum atomic E-state index is 0.286. The van der Waals surface area contributed by atoms with Crippen molar-refractivity contribution in [3.63, 3.8) is 0 Å². The van der Waals surface area contributed by atoms with Crippen LogP contribution in [0.2, 0.25) is 0 Å². The molecule has 2 N–H and O–H groups in total. The molecule has 0 atom stereocenters. The predicted octanol–water partition coefficient (Wildman–Crippen LogP) is 2.60. The average molecular weight is 301 g/mol. The van der Waals surface area contributed by atoms with E-state index in [0.29, 0.717) is 0 Å². The normalized spacial score (nSPS) is 17.7. The Morgan fingerprint density at radius 3 is 2.71 bits per heavy atom.